The van der Waals surface area contributed by atoms with Crippen LogP contribution in [0.15, 0.2) is 22.8 Å². The standard InChI is InChI=1S/C11H18BrN3/c1-9(7-13-2)8-15(3)11-10(12)5-4-6-14-11/h4-6,9,13H,7-8H2,1-3H3. The van der Waals surface area contributed by atoms with Gasteiger partial charge in [-0.25, -0.2) is 4.98 Å². The Morgan fingerprint density at radius 1 is 1.60 bits per heavy atom. The molecule has 0 aliphatic carbocycles. The smallest absolute Gasteiger partial charge is 0.142 e. The van der Waals surface area contributed by atoms with Gasteiger partial charge in [-0.15, -0.1) is 0 Å². The van der Waals surface area contributed by atoms with Crippen molar-refractivity contribution in [1.29, 1.82) is 0 Å². The first-order valence-corrected chi connectivity index (χ1v) is 5.90. The monoisotopic (exact) mass is 271 g/mol. The van der Waals surface area contributed by atoms with Gasteiger partial charge in [0.1, 0.15) is 5.82 Å². The lowest BCUT2D eigenvalue weighted by molar-refractivity contribution is 0.540. The van der Waals surface area contributed by atoms with Crippen LogP contribution in [0.1, 0.15) is 6.92 Å². The molecule has 0 spiro atoms. The van der Waals surface area contributed by atoms with Gasteiger partial charge in [-0.1, -0.05) is 6.92 Å². The van der Waals surface area contributed by atoms with Crippen molar-refractivity contribution in [3.8, 4) is 0 Å². The summed E-state index contributed by atoms with van der Waals surface area (Å²) < 4.78 is 1.05. The molecule has 0 amide bonds. The van der Waals surface area contributed by atoms with E-state index in [2.05, 4.69) is 45.1 Å². The van der Waals surface area contributed by atoms with Gasteiger partial charge in [0.15, 0.2) is 0 Å². The van der Waals surface area contributed by atoms with Crippen LogP contribution in [-0.4, -0.2) is 32.2 Å². The molecule has 0 aliphatic heterocycles. The summed E-state index contributed by atoms with van der Waals surface area (Å²) in [4.78, 5) is 6.52. The van der Waals surface area contributed by atoms with Crippen LogP contribution in [0.25, 0.3) is 0 Å². The highest BCUT2D eigenvalue weighted by molar-refractivity contribution is 9.10. The van der Waals surface area contributed by atoms with E-state index in [0.29, 0.717) is 5.92 Å². The molecule has 1 aromatic heterocycles. The fraction of sp³-hybridized carbons (Fsp3) is 0.545. The largest absolute Gasteiger partial charge is 0.358 e. The molecule has 1 heterocycles. The Hall–Kier alpha value is -0.610. The van der Waals surface area contributed by atoms with Crippen LogP contribution in [0.5, 0.6) is 0 Å². The van der Waals surface area contributed by atoms with Crippen molar-refractivity contribution in [3.05, 3.63) is 22.8 Å². The second kappa shape index (κ2) is 6.08. The quantitative estimate of drug-likeness (QED) is 0.890. The van der Waals surface area contributed by atoms with Crippen molar-refractivity contribution in [2.45, 2.75) is 6.92 Å². The van der Waals surface area contributed by atoms with Crippen molar-refractivity contribution in [2.75, 3.05) is 32.1 Å². The number of aromatic nitrogens is 1. The molecule has 0 fully saturated rings. The number of rotatable bonds is 5. The molecule has 0 bridgehead atoms. The first kappa shape index (κ1) is 12.5. The van der Waals surface area contributed by atoms with Gasteiger partial charge >= 0.3 is 0 Å². The van der Waals surface area contributed by atoms with Gasteiger partial charge in [0.25, 0.3) is 0 Å². The lowest BCUT2D eigenvalue weighted by Gasteiger charge is -2.23. The first-order valence-electron chi connectivity index (χ1n) is 5.11. The van der Waals surface area contributed by atoms with Gasteiger partial charge in [0.05, 0.1) is 4.47 Å². The predicted octanol–water partition coefficient (Wildman–Crippen LogP) is 2.14. The molecule has 15 heavy (non-hydrogen) atoms. The van der Waals surface area contributed by atoms with E-state index >= 15 is 0 Å². The molecule has 0 radical (unpaired) electrons. The molecule has 3 nitrogen and oxygen atoms in total. The summed E-state index contributed by atoms with van der Waals surface area (Å²) in [6, 6.07) is 3.94. The average molecular weight is 272 g/mol. The summed E-state index contributed by atoms with van der Waals surface area (Å²) >= 11 is 3.51. The second-order valence-electron chi connectivity index (χ2n) is 3.85. The molecule has 1 N–H and O–H groups in total. The highest BCUT2D eigenvalue weighted by atomic mass is 79.9. The molecule has 1 aromatic rings. The Kier molecular flexibility index (Phi) is 5.05. The van der Waals surface area contributed by atoms with Gasteiger partial charge in [-0.3, -0.25) is 0 Å². The van der Waals surface area contributed by atoms with Crippen molar-refractivity contribution in [2.24, 2.45) is 5.92 Å². The Labute approximate surface area is 100 Å². The average Bonchev–Trinajstić information content (AvgIpc) is 2.18. The lowest BCUT2D eigenvalue weighted by Crippen LogP contribution is -2.30. The number of hydrogen-bond acceptors (Lipinski definition) is 3. The van der Waals surface area contributed by atoms with Gasteiger partial charge < -0.3 is 10.2 Å². The van der Waals surface area contributed by atoms with Crippen LogP contribution in [0.4, 0.5) is 5.82 Å². The molecule has 1 rings (SSSR count). The summed E-state index contributed by atoms with van der Waals surface area (Å²) in [5, 5.41) is 3.18. The van der Waals surface area contributed by atoms with E-state index in [-0.39, 0.29) is 0 Å². The van der Waals surface area contributed by atoms with Crippen molar-refractivity contribution >= 4 is 21.7 Å². The highest BCUT2D eigenvalue weighted by Gasteiger charge is 2.09. The lowest BCUT2D eigenvalue weighted by atomic mass is 10.1. The van der Waals surface area contributed by atoms with Gasteiger partial charge in [0, 0.05) is 19.8 Å². The van der Waals surface area contributed by atoms with Crippen molar-refractivity contribution in [3.63, 3.8) is 0 Å². The molecule has 0 aliphatic rings. The maximum absolute atomic E-state index is 4.35. The number of hydrogen-bond donors (Lipinski definition) is 1. The number of nitrogens with one attached hydrogen (secondary N) is 1. The Morgan fingerprint density at radius 2 is 2.33 bits per heavy atom. The Morgan fingerprint density at radius 3 is 2.93 bits per heavy atom. The molecule has 0 saturated carbocycles. The second-order valence-corrected chi connectivity index (χ2v) is 4.71. The third-order valence-electron chi connectivity index (χ3n) is 2.24. The minimum Gasteiger partial charge on any atom is -0.358 e. The highest BCUT2D eigenvalue weighted by Crippen LogP contribution is 2.22. The molecule has 1 atom stereocenters. The third kappa shape index (κ3) is 3.80. The van der Waals surface area contributed by atoms with Crippen LogP contribution in [0, 0.1) is 5.92 Å². The summed E-state index contributed by atoms with van der Waals surface area (Å²) in [6.45, 7) is 4.25. The fourth-order valence-corrected chi connectivity index (χ4v) is 2.18. The van der Waals surface area contributed by atoms with Crippen LogP contribution < -0.4 is 10.2 Å². The van der Waals surface area contributed by atoms with Crippen LogP contribution >= 0.6 is 15.9 Å². The normalized spacial score (nSPS) is 12.5. The molecule has 0 aromatic carbocycles. The summed E-state index contributed by atoms with van der Waals surface area (Å²) in [5.41, 5.74) is 0. The number of nitrogens with zero attached hydrogens (tertiary/aromatic N) is 2. The molecular formula is C11H18BrN3. The van der Waals surface area contributed by atoms with Gasteiger partial charge in [0.2, 0.25) is 0 Å². The minimum atomic E-state index is 0.605. The number of anilines is 1. The molecular weight excluding hydrogens is 254 g/mol. The van der Waals surface area contributed by atoms with Crippen molar-refractivity contribution < 1.29 is 0 Å². The molecule has 84 valence electrons. The van der Waals surface area contributed by atoms with E-state index in [1.54, 1.807) is 0 Å². The topological polar surface area (TPSA) is 28.2 Å². The van der Waals surface area contributed by atoms with Crippen LogP contribution in [0.3, 0.4) is 0 Å². The van der Waals surface area contributed by atoms with E-state index in [9.17, 15) is 0 Å². The zero-order chi connectivity index (χ0) is 11.3. The van der Waals surface area contributed by atoms with E-state index in [1.807, 2.05) is 25.4 Å². The number of halogens is 1. The van der Waals surface area contributed by atoms with Gasteiger partial charge in [-0.2, -0.15) is 0 Å². The summed E-state index contributed by atoms with van der Waals surface area (Å²) in [7, 11) is 4.05. The first-order chi connectivity index (χ1) is 7.15. The van der Waals surface area contributed by atoms with Gasteiger partial charge in [-0.05, 0) is 47.6 Å². The fourth-order valence-electron chi connectivity index (χ4n) is 1.63. The van der Waals surface area contributed by atoms with E-state index < -0.39 is 0 Å². The zero-order valence-corrected chi connectivity index (χ0v) is 11.1. The molecule has 4 heteroatoms. The van der Waals surface area contributed by atoms with Crippen molar-refractivity contribution in [1.82, 2.24) is 10.3 Å². The zero-order valence-electron chi connectivity index (χ0n) is 9.50. The maximum Gasteiger partial charge on any atom is 0.142 e. The Bertz CT molecular complexity index is 304. The van der Waals surface area contributed by atoms with E-state index in [4.69, 9.17) is 0 Å². The predicted molar refractivity (Wildman–Crippen MR) is 68.3 cm³/mol. The maximum atomic E-state index is 4.35. The Balaban J connectivity index is 2.61. The number of pyridine rings is 1. The SMILES string of the molecule is CNCC(C)CN(C)c1ncccc1Br. The third-order valence-corrected chi connectivity index (χ3v) is 2.86. The van der Waals surface area contributed by atoms with E-state index in [0.717, 1.165) is 23.4 Å². The molecule has 0 saturated heterocycles. The van der Waals surface area contributed by atoms with E-state index in [1.165, 1.54) is 0 Å². The summed E-state index contributed by atoms with van der Waals surface area (Å²) in [5.74, 6) is 1.61. The van der Waals surface area contributed by atoms with Crippen LogP contribution in [-0.2, 0) is 0 Å². The van der Waals surface area contributed by atoms with Crippen LogP contribution in [0.2, 0.25) is 0 Å². The minimum absolute atomic E-state index is 0.605. The molecule has 1 unspecified atom stereocenters. The summed E-state index contributed by atoms with van der Waals surface area (Å²) in [6.07, 6.45) is 1.82.